The minimum atomic E-state index is -3.81. The Bertz CT molecular complexity index is 1080. The smallest absolute Gasteiger partial charge is 0.199 e. The molecule has 0 saturated carbocycles. The molecule has 0 aliphatic carbocycles. The Hall–Kier alpha value is -2.63. The molecule has 0 spiro atoms. The van der Waals surface area contributed by atoms with Crippen LogP contribution in [-0.2, 0) is 14.8 Å². The minimum absolute atomic E-state index is 0.185. The molecule has 0 saturated heterocycles. The molecule has 0 fully saturated rings. The number of rotatable bonds is 8. The summed E-state index contributed by atoms with van der Waals surface area (Å²) in [5.74, 6) is 0. The third-order valence-corrected chi connectivity index (χ3v) is 7.10. The Morgan fingerprint density at radius 1 is 0.931 bits per heavy atom. The van der Waals surface area contributed by atoms with Gasteiger partial charge >= 0.3 is 0 Å². The lowest BCUT2D eigenvalue weighted by molar-refractivity contribution is 0.598. The first-order valence-electron chi connectivity index (χ1n) is 9.24. The first-order chi connectivity index (χ1) is 14.0. The summed E-state index contributed by atoms with van der Waals surface area (Å²) in [5.41, 5.74) is 1.97. The van der Waals surface area contributed by atoms with Crippen molar-refractivity contribution in [2.24, 2.45) is 4.40 Å². The van der Waals surface area contributed by atoms with Crippen LogP contribution in [0.1, 0.15) is 17.5 Å². The topological polar surface area (TPSA) is 46.5 Å². The normalized spacial score (nSPS) is 13.8. The lowest BCUT2D eigenvalue weighted by atomic mass is 9.96. The van der Waals surface area contributed by atoms with Gasteiger partial charge in [0.15, 0.2) is 0 Å². The number of benzene rings is 3. The summed E-state index contributed by atoms with van der Waals surface area (Å²) in [6.45, 7) is 5.82. The van der Waals surface area contributed by atoms with Gasteiger partial charge in [-0.2, -0.15) is 12.8 Å². The van der Waals surface area contributed by atoms with E-state index in [0.717, 1.165) is 16.0 Å². The zero-order chi connectivity index (χ0) is 20.7. The maximum Gasteiger partial charge on any atom is 0.282 e. The van der Waals surface area contributed by atoms with Gasteiger partial charge in [0.1, 0.15) is 0 Å². The zero-order valence-electron chi connectivity index (χ0n) is 16.2. The van der Waals surface area contributed by atoms with Crippen molar-refractivity contribution in [3.05, 3.63) is 109 Å². The summed E-state index contributed by atoms with van der Waals surface area (Å²) in [6.07, 6.45) is 3.88. The van der Waals surface area contributed by atoms with Crippen molar-refractivity contribution in [3.8, 4) is 0 Å². The van der Waals surface area contributed by atoms with Gasteiger partial charge in [-0.3, -0.25) is 0 Å². The predicted octanol–water partition coefficient (Wildman–Crippen LogP) is 6.02. The van der Waals surface area contributed by atoms with Crippen molar-refractivity contribution in [1.29, 1.82) is 0 Å². The Morgan fingerprint density at radius 2 is 1.52 bits per heavy atom. The van der Waals surface area contributed by atoms with Gasteiger partial charge in [-0.05, 0) is 43.2 Å². The van der Waals surface area contributed by atoms with Crippen LogP contribution in [0.2, 0.25) is 0 Å². The van der Waals surface area contributed by atoms with Crippen molar-refractivity contribution in [1.82, 2.24) is 0 Å². The van der Waals surface area contributed by atoms with E-state index in [4.69, 9.17) is 0 Å². The lowest BCUT2D eigenvalue weighted by Crippen LogP contribution is -2.24. The quantitative estimate of drug-likeness (QED) is 0.254. The fourth-order valence-electron chi connectivity index (χ4n) is 2.93. The highest BCUT2D eigenvalue weighted by atomic mass is 32.2. The zero-order valence-corrected chi connectivity index (χ0v) is 17.9. The SMILES string of the molecule is C=CCC(/C=N/S(=O)(=O)c1ccc(C)cc1)(Sc1ccccc1)c1ccccc1. The largest absolute Gasteiger partial charge is 0.282 e. The molecular formula is C24H23NO2S2. The fourth-order valence-corrected chi connectivity index (χ4v) is 5.19. The predicted molar refractivity (Wildman–Crippen MR) is 122 cm³/mol. The Morgan fingerprint density at radius 3 is 2.10 bits per heavy atom. The van der Waals surface area contributed by atoms with E-state index in [1.54, 1.807) is 48.3 Å². The molecule has 5 heteroatoms. The molecule has 3 aromatic carbocycles. The second kappa shape index (κ2) is 9.25. The maximum absolute atomic E-state index is 12.8. The van der Waals surface area contributed by atoms with Crippen LogP contribution in [0.5, 0.6) is 0 Å². The molecule has 0 radical (unpaired) electrons. The van der Waals surface area contributed by atoms with E-state index < -0.39 is 14.8 Å². The molecule has 1 atom stereocenters. The highest BCUT2D eigenvalue weighted by Crippen LogP contribution is 2.43. The van der Waals surface area contributed by atoms with E-state index in [1.165, 1.54) is 0 Å². The van der Waals surface area contributed by atoms with Crippen molar-refractivity contribution >= 4 is 28.0 Å². The molecule has 148 valence electrons. The molecule has 29 heavy (non-hydrogen) atoms. The molecule has 1 unspecified atom stereocenters. The molecule has 3 aromatic rings. The number of thioether (sulfide) groups is 1. The summed E-state index contributed by atoms with van der Waals surface area (Å²) < 4.78 is 29.1. The molecular weight excluding hydrogens is 398 g/mol. The van der Waals surface area contributed by atoms with Crippen LogP contribution in [0.25, 0.3) is 0 Å². The van der Waals surface area contributed by atoms with Crippen molar-refractivity contribution in [2.45, 2.75) is 27.9 Å². The number of nitrogens with zero attached hydrogens (tertiary/aromatic N) is 1. The van der Waals surface area contributed by atoms with E-state index >= 15 is 0 Å². The average Bonchev–Trinajstić information content (AvgIpc) is 2.74. The third-order valence-electron chi connectivity index (χ3n) is 4.47. The van der Waals surface area contributed by atoms with Gasteiger partial charge in [0.05, 0.1) is 9.64 Å². The summed E-state index contributed by atoms with van der Waals surface area (Å²) in [4.78, 5) is 1.21. The van der Waals surface area contributed by atoms with Crippen LogP contribution in [0.15, 0.2) is 112 Å². The Labute approximate surface area is 177 Å². The molecule has 3 rings (SSSR count). The van der Waals surface area contributed by atoms with Crippen molar-refractivity contribution in [2.75, 3.05) is 0 Å². The second-order valence-electron chi connectivity index (χ2n) is 6.69. The Balaban J connectivity index is 2.07. The molecule has 0 aliphatic rings. The molecule has 0 aliphatic heterocycles. The summed E-state index contributed by atoms with van der Waals surface area (Å²) in [6, 6.07) is 26.4. The second-order valence-corrected chi connectivity index (χ2v) is 9.72. The minimum Gasteiger partial charge on any atom is -0.199 e. The summed E-state index contributed by atoms with van der Waals surface area (Å²) >= 11 is 1.57. The summed E-state index contributed by atoms with van der Waals surface area (Å²) in [5, 5.41) is 0. The van der Waals surface area contributed by atoms with E-state index in [-0.39, 0.29) is 4.90 Å². The first-order valence-corrected chi connectivity index (χ1v) is 11.5. The van der Waals surface area contributed by atoms with E-state index in [0.29, 0.717) is 6.42 Å². The average molecular weight is 422 g/mol. The van der Waals surface area contributed by atoms with Gasteiger partial charge in [0.25, 0.3) is 10.0 Å². The van der Waals surface area contributed by atoms with Crippen molar-refractivity contribution in [3.63, 3.8) is 0 Å². The Kier molecular flexibility index (Phi) is 6.72. The number of aryl methyl sites for hydroxylation is 1. The molecule has 3 nitrogen and oxygen atoms in total. The molecule has 0 heterocycles. The number of hydrogen-bond acceptors (Lipinski definition) is 3. The highest BCUT2D eigenvalue weighted by molar-refractivity contribution is 8.01. The third kappa shape index (κ3) is 5.25. The van der Waals surface area contributed by atoms with Gasteiger partial charge in [-0.15, -0.1) is 18.3 Å². The van der Waals surface area contributed by atoms with E-state index in [9.17, 15) is 8.42 Å². The van der Waals surface area contributed by atoms with Crippen LogP contribution in [-0.4, -0.2) is 14.6 Å². The molecule has 0 amide bonds. The van der Waals surface area contributed by atoms with Crippen molar-refractivity contribution < 1.29 is 8.42 Å². The molecule has 0 aromatic heterocycles. The number of sulfonamides is 1. The maximum atomic E-state index is 12.8. The van der Waals surface area contributed by atoms with E-state index in [2.05, 4.69) is 11.0 Å². The monoisotopic (exact) mass is 421 g/mol. The number of allylic oxidation sites excluding steroid dienone is 1. The van der Waals surface area contributed by atoms with Gasteiger partial charge in [-0.25, -0.2) is 0 Å². The summed E-state index contributed by atoms with van der Waals surface area (Å²) in [7, 11) is -3.81. The molecule has 0 N–H and O–H groups in total. The van der Waals surface area contributed by atoms with Gasteiger partial charge in [-0.1, -0.05) is 72.3 Å². The standard InChI is InChI=1S/C24H23NO2S2/c1-3-18-24(21-10-6-4-7-11-21,28-22-12-8-5-9-13-22)19-25-29(26,27)23-16-14-20(2)15-17-23/h3-17,19H,1,18H2,2H3/b25-19+. The highest BCUT2D eigenvalue weighted by Gasteiger charge is 2.31. The van der Waals surface area contributed by atoms with Crippen LogP contribution < -0.4 is 0 Å². The number of hydrogen-bond donors (Lipinski definition) is 0. The fraction of sp³-hybridized carbons (Fsp3) is 0.125. The van der Waals surface area contributed by atoms with Crippen LogP contribution in [0.3, 0.4) is 0 Å². The lowest BCUT2D eigenvalue weighted by Gasteiger charge is -2.29. The van der Waals surface area contributed by atoms with Gasteiger partial charge < -0.3 is 0 Å². The first kappa shape index (κ1) is 21.1. The van der Waals surface area contributed by atoms with E-state index in [1.807, 2.05) is 67.6 Å². The van der Waals surface area contributed by atoms with Crippen LogP contribution in [0, 0.1) is 6.92 Å². The van der Waals surface area contributed by atoms with Crippen LogP contribution >= 0.6 is 11.8 Å². The molecule has 0 bridgehead atoms. The van der Waals surface area contributed by atoms with Crippen LogP contribution in [0.4, 0.5) is 0 Å². The van der Waals surface area contributed by atoms with Gasteiger partial charge in [0.2, 0.25) is 0 Å². The van der Waals surface area contributed by atoms with Gasteiger partial charge in [0, 0.05) is 11.1 Å².